The quantitative estimate of drug-likeness (QED) is 0.616. The number of likely N-dealkylation sites (N-methyl/N-ethyl adjacent to an activating group) is 1. The molecule has 3 atom stereocenters. The molecule has 8 nitrogen and oxygen atoms in total. The zero-order valence-electron chi connectivity index (χ0n) is 16.5. The van der Waals surface area contributed by atoms with Crippen LogP contribution in [0.4, 0.5) is 5.69 Å². The Kier molecular flexibility index (Phi) is 4.66. The smallest absolute Gasteiger partial charge is 0.256 e. The second kappa shape index (κ2) is 7.04. The Morgan fingerprint density at radius 1 is 1.28 bits per heavy atom. The molecule has 0 radical (unpaired) electrons. The van der Waals surface area contributed by atoms with Gasteiger partial charge in [-0.15, -0.1) is 0 Å². The molecule has 29 heavy (non-hydrogen) atoms. The lowest BCUT2D eigenvalue weighted by Gasteiger charge is -2.30. The van der Waals surface area contributed by atoms with Gasteiger partial charge in [-0.25, -0.2) is 0 Å². The third kappa shape index (κ3) is 2.66. The van der Waals surface area contributed by atoms with Crippen LogP contribution in [0, 0.1) is 10.1 Å². The molecule has 1 amide bonds. The average molecular weight is 397 g/mol. The molecule has 0 aromatic heterocycles. The zero-order chi connectivity index (χ0) is 20.8. The zero-order valence-corrected chi connectivity index (χ0v) is 16.5. The van der Waals surface area contributed by atoms with Crippen molar-refractivity contribution >= 4 is 11.6 Å². The van der Waals surface area contributed by atoms with Crippen molar-refractivity contribution < 1.29 is 19.2 Å². The summed E-state index contributed by atoms with van der Waals surface area (Å²) in [5, 5.41) is 15.2. The van der Waals surface area contributed by atoms with Crippen LogP contribution in [0.2, 0.25) is 0 Å². The summed E-state index contributed by atoms with van der Waals surface area (Å²) >= 11 is 0. The van der Waals surface area contributed by atoms with Crippen molar-refractivity contribution in [3.63, 3.8) is 0 Å². The largest absolute Gasteiger partial charge is 0.493 e. The number of methoxy groups -OCH3 is 1. The normalized spacial score (nSPS) is 25.7. The van der Waals surface area contributed by atoms with E-state index in [0.717, 1.165) is 5.56 Å². The number of likely N-dealkylation sites (tertiary alicyclic amines) is 1. The molecule has 8 heteroatoms. The van der Waals surface area contributed by atoms with Crippen molar-refractivity contribution in [2.45, 2.75) is 24.4 Å². The van der Waals surface area contributed by atoms with Gasteiger partial charge in [0.15, 0.2) is 17.0 Å². The van der Waals surface area contributed by atoms with Crippen molar-refractivity contribution in [2.75, 3.05) is 32.6 Å². The monoisotopic (exact) mass is 397 g/mol. The van der Waals surface area contributed by atoms with Gasteiger partial charge in [-0.3, -0.25) is 19.8 Å². The van der Waals surface area contributed by atoms with Gasteiger partial charge in [-0.2, -0.15) is 0 Å². The third-order valence-electron chi connectivity index (χ3n) is 5.96. The van der Waals surface area contributed by atoms with Crippen molar-refractivity contribution in [3.8, 4) is 11.5 Å². The van der Waals surface area contributed by atoms with Gasteiger partial charge in [-0.05, 0) is 37.7 Å². The number of rotatable bonds is 5. The Bertz CT molecular complexity index is 979. The van der Waals surface area contributed by atoms with E-state index in [1.54, 1.807) is 42.3 Å². The Labute approximate surface area is 168 Å². The first-order valence-electron chi connectivity index (χ1n) is 9.51. The van der Waals surface area contributed by atoms with E-state index in [1.165, 1.54) is 7.11 Å². The topological polar surface area (TPSA) is 93.9 Å². The summed E-state index contributed by atoms with van der Waals surface area (Å²) in [5.74, 6) is 0.257. The van der Waals surface area contributed by atoms with Crippen LogP contribution in [-0.2, 0) is 10.3 Å². The second-order valence-corrected chi connectivity index (χ2v) is 7.33. The number of nitrogens with one attached hydrogen (secondary N) is 1. The lowest BCUT2D eigenvalue weighted by molar-refractivity contribution is -0.534. The van der Waals surface area contributed by atoms with Crippen molar-refractivity contribution in [1.29, 1.82) is 0 Å². The number of benzene rings is 2. The standard InChI is InChI=1S/C21H23N3O5/c1-4-29-17-10-9-13(11-18(17)28-3)14-12-23(2)21(19(14)24(26)27)15-7-5-6-8-16(15)22-20(21)25/h5-11,14,19H,4,12H2,1-3H3,(H,22,25)/t14-,19-,21-/m0/s1. The summed E-state index contributed by atoms with van der Waals surface area (Å²) in [5.41, 5.74) is 0.667. The molecule has 2 aliphatic rings. The maximum Gasteiger partial charge on any atom is 0.256 e. The molecule has 1 fully saturated rings. The third-order valence-corrected chi connectivity index (χ3v) is 5.96. The van der Waals surface area contributed by atoms with Crippen LogP contribution in [0.3, 0.4) is 0 Å². The molecular formula is C21H23N3O5. The Hall–Kier alpha value is -3.13. The molecule has 1 N–H and O–H groups in total. The number of amides is 1. The lowest BCUT2D eigenvalue weighted by Crippen LogP contribution is -2.54. The molecule has 0 saturated carbocycles. The molecule has 2 aliphatic heterocycles. The number of carbonyl (C=O) groups excluding carboxylic acids is 1. The van der Waals surface area contributed by atoms with Gasteiger partial charge in [-0.1, -0.05) is 24.3 Å². The van der Waals surface area contributed by atoms with E-state index in [-0.39, 0.29) is 10.8 Å². The van der Waals surface area contributed by atoms with Crippen LogP contribution in [-0.4, -0.2) is 49.1 Å². The van der Waals surface area contributed by atoms with E-state index >= 15 is 0 Å². The summed E-state index contributed by atoms with van der Waals surface area (Å²) in [7, 11) is 3.31. The number of fused-ring (bicyclic) bond motifs is 2. The van der Waals surface area contributed by atoms with Crippen LogP contribution in [0.1, 0.15) is 24.0 Å². The fraction of sp³-hybridized carbons (Fsp3) is 0.381. The SMILES string of the molecule is CCOc1ccc([C@@H]2CN(C)[C@]3(C(=O)Nc4ccccc43)[C@H]2[N+](=O)[O-])cc1OC. The van der Waals surface area contributed by atoms with E-state index < -0.39 is 17.5 Å². The Morgan fingerprint density at radius 2 is 2.03 bits per heavy atom. The number of nitro groups is 1. The van der Waals surface area contributed by atoms with Crippen molar-refractivity contribution in [2.24, 2.45) is 0 Å². The lowest BCUT2D eigenvalue weighted by atomic mass is 9.79. The second-order valence-electron chi connectivity index (χ2n) is 7.33. The highest BCUT2D eigenvalue weighted by Gasteiger charge is 2.68. The first-order valence-corrected chi connectivity index (χ1v) is 9.51. The molecule has 1 spiro atoms. The molecule has 0 unspecified atom stereocenters. The number of hydrogen-bond donors (Lipinski definition) is 1. The highest BCUT2D eigenvalue weighted by molar-refractivity contribution is 6.06. The molecule has 0 aliphatic carbocycles. The van der Waals surface area contributed by atoms with Gasteiger partial charge in [0.25, 0.3) is 11.9 Å². The number of anilines is 1. The van der Waals surface area contributed by atoms with Crippen LogP contribution in [0.25, 0.3) is 0 Å². The maximum absolute atomic E-state index is 13.1. The van der Waals surface area contributed by atoms with Crippen molar-refractivity contribution in [3.05, 3.63) is 63.7 Å². The van der Waals surface area contributed by atoms with E-state index in [9.17, 15) is 14.9 Å². The molecule has 4 rings (SSSR count). The minimum absolute atomic E-state index is 0.321. The van der Waals surface area contributed by atoms with E-state index in [4.69, 9.17) is 9.47 Å². The van der Waals surface area contributed by atoms with E-state index in [0.29, 0.717) is 35.9 Å². The maximum atomic E-state index is 13.1. The fourth-order valence-electron chi connectivity index (χ4n) is 4.77. The molecule has 152 valence electrons. The summed E-state index contributed by atoms with van der Waals surface area (Å²) in [6, 6.07) is 11.4. The van der Waals surface area contributed by atoms with Crippen molar-refractivity contribution in [1.82, 2.24) is 4.90 Å². The molecule has 2 aromatic carbocycles. The van der Waals surface area contributed by atoms with Crippen LogP contribution in [0.5, 0.6) is 11.5 Å². The number of para-hydroxylation sites is 1. The van der Waals surface area contributed by atoms with E-state index in [2.05, 4.69) is 5.32 Å². The highest BCUT2D eigenvalue weighted by Crippen LogP contribution is 2.52. The molecule has 2 aromatic rings. The Balaban J connectivity index is 1.84. The van der Waals surface area contributed by atoms with Crippen LogP contribution in [0.15, 0.2) is 42.5 Å². The van der Waals surface area contributed by atoms with E-state index in [1.807, 2.05) is 19.1 Å². The molecule has 2 heterocycles. The minimum atomic E-state index is -1.35. The number of carbonyl (C=O) groups is 1. The predicted octanol–water partition coefficient (Wildman–Crippen LogP) is 2.62. The summed E-state index contributed by atoms with van der Waals surface area (Å²) in [6.07, 6.45) is 0. The summed E-state index contributed by atoms with van der Waals surface area (Å²) in [6.45, 7) is 2.73. The molecule has 1 saturated heterocycles. The minimum Gasteiger partial charge on any atom is -0.493 e. The first kappa shape index (κ1) is 19.2. The van der Waals surface area contributed by atoms with Gasteiger partial charge >= 0.3 is 0 Å². The van der Waals surface area contributed by atoms with Gasteiger partial charge in [0, 0.05) is 22.7 Å². The van der Waals surface area contributed by atoms with Gasteiger partial charge in [0.2, 0.25) is 0 Å². The van der Waals surface area contributed by atoms with Crippen LogP contribution < -0.4 is 14.8 Å². The van der Waals surface area contributed by atoms with Gasteiger partial charge in [0.1, 0.15) is 0 Å². The first-order chi connectivity index (χ1) is 13.9. The van der Waals surface area contributed by atoms with Crippen LogP contribution >= 0.6 is 0 Å². The predicted molar refractivity (Wildman–Crippen MR) is 107 cm³/mol. The Morgan fingerprint density at radius 3 is 2.72 bits per heavy atom. The molecule has 0 bridgehead atoms. The van der Waals surface area contributed by atoms with Gasteiger partial charge < -0.3 is 14.8 Å². The number of hydrogen-bond acceptors (Lipinski definition) is 6. The summed E-state index contributed by atoms with van der Waals surface area (Å²) < 4.78 is 11.0. The average Bonchev–Trinajstić information content (AvgIpc) is 3.18. The molecular weight excluding hydrogens is 374 g/mol. The number of ether oxygens (including phenoxy) is 2. The fourth-order valence-corrected chi connectivity index (χ4v) is 4.77. The highest BCUT2D eigenvalue weighted by atomic mass is 16.6. The summed E-state index contributed by atoms with van der Waals surface area (Å²) in [4.78, 5) is 26.9. The van der Waals surface area contributed by atoms with Gasteiger partial charge in [0.05, 0.1) is 19.6 Å². The number of nitrogens with zero attached hydrogens (tertiary/aromatic N) is 2.